The first kappa shape index (κ1) is 30.1. The van der Waals surface area contributed by atoms with Crippen LogP contribution in [0.3, 0.4) is 0 Å². The quantitative estimate of drug-likeness (QED) is 0.239. The molecule has 1 aliphatic rings. The van der Waals surface area contributed by atoms with E-state index in [-0.39, 0.29) is 18.1 Å². The Balaban J connectivity index is 2.55. The highest BCUT2D eigenvalue weighted by Crippen LogP contribution is 2.35. The van der Waals surface area contributed by atoms with Gasteiger partial charge in [0, 0.05) is 26.8 Å². The molecule has 0 N–H and O–H groups in total. The maximum Gasteiger partial charge on any atom is 0.339 e. The minimum atomic E-state index is -1.62. The van der Waals surface area contributed by atoms with Crippen LogP contribution in [-0.2, 0) is 52.4 Å². The van der Waals surface area contributed by atoms with Crippen LogP contribution in [-0.4, -0.2) is 81.4 Å². The molecule has 5 atom stereocenters. The Morgan fingerprint density at radius 1 is 0.868 bits per heavy atom. The summed E-state index contributed by atoms with van der Waals surface area (Å²) in [6.07, 6.45) is -5.06. The predicted octanol–water partition coefficient (Wildman–Crippen LogP) is 1.34. The fourth-order valence-electron chi connectivity index (χ4n) is 3.54. The standard InChI is InChI=1S/C25H30O13/c1-7-33-19(29)11-9-16-8-10-17(31-5)18(12-16)37-25-23(36-15(4)28)21(35-14(3)27)20(34-13(2)26)22(38-25)24(30)32-6/h8-12,20-23,25H,7H2,1-6H3/b11-9+/t20-,21?,22?,23?,25-/m1/s1. The van der Waals surface area contributed by atoms with Crippen molar-refractivity contribution in [3.8, 4) is 11.5 Å². The topological polar surface area (TPSA) is 159 Å². The lowest BCUT2D eigenvalue weighted by molar-refractivity contribution is -0.282. The van der Waals surface area contributed by atoms with Crippen LogP contribution in [0.5, 0.6) is 11.5 Å². The number of ether oxygens (including phenoxy) is 8. The highest BCUT2D eigenvalue weighted by Gasteiger charge is 2.56. The minimum absolute atomic E-state index is 0.0526. The third kappa shape index (κ3) is 8.20. The molecule has 0 aromatic heterocycles. The molecular formula is C25H30O13. The summed E-state index contributed by atoms with van der Waals surface area (Å²) < 4.78 is 42.6. The Kier molecular flexibility index (Phi) is 11.1. The Morgan fingerprint density at radius 3 is 2.03 bits per heavy atom. The van der Waals surface area contributed by atoms with Crippen molar-refractivity contribution in [2.75, 3.05) is 20.8 Å². The van der Waals surface area contributed by atoms with E-state index < -0.39 is 60.6 Å². The second-order valence-electron chi connectivity index (χ2n) is 7.78. The first-order valence-corrected chi connectivity index (χ1v) is 11.4. The summed E-state index contributed by atoms with van der Waals surface area (Å²) in [5, 5.41) is 0. The molecule has 0 bridgehead atoms. The van der Waals surface area contributed by atoms with E-state index in [0.717, 1.165) is 27.9 Å². The van der Waals surface area contributed by atoms with Crippen LogP contribution in [0.1, 0.15) is 33.3 Å². The van der Waals surface area contributed by atoms with E-state index in [0.29, 0.717) is 5.56 Å². The van der Waals surface area contributed by atoms with Gasteiger partial charge in [0.05, 0.1) is 20.8 Å². The van der Waals surface area contributed by atoms with E-state index in [4.69, 9.17) is 37.9 Å². The number of hydrogen-bond acceptors (Lipinski definition) is 13. The summed E-state index contributed by atoms with van der Waals surface area (Å²) in [5.74, 6) is -3.72. The Bertz CT molecular complexity index is 1060. The maximum atomic E-state index is 12.6. The number of rotatable bonds is 10. The minimum Gasteiger partial charge on any atom is -0.493 e. The molecule has 0 amide bonds. The molecule has 2 rings (SSSR count). The smallest absolute Gasteiger partial charge is 0.339 e. The van der Waals surface area contributed by atoms with Crippen LogP contribution in [0, 0.1) is 0 Å². The van der Waals surface area contributed by atoms with Crippen LogP contribution in [0.15, 0.2) is 24.3 Å². The zero-order valence-electron chi connectivity index (χ0n) is 21.8. The van der Waals surface area contributed by atoms with Gasteiger partial charge in [-0.1, -0.05) is 6.07 Å². The number of benzene rings is 1. The molecule has 1 heterocycles. The van der Waals surface area contributed by atoms with Gasteiger partial charge in [0.25, 0.3) is 0 Å². The molecule has 0 aliphatic carbocycles. The van der Waals surface area contributed by atoms with Gasteiger partial charge < -0.3 is 37.9 Å². The first-order chi connectivity index (χ1) is 18.0. The Morgan fingerprint density at radius 2 is 1.47 bits per heavy atom. The van der Waals surface area contributed by atoms with Gasteiger partial charge in [0.15, 0.2) is 29.8 Å². The van der Waals surface area contributed by atoms with E-state index in [1.165, 1.54) is 31.4 Å². The van der Waals surface area contributed by atoms with Gasteiger partial charge in [-0.15, -0.1) is 0 Å². The van der Waals surface area contributed by atoms with E-state index >= 15 is 0 Å². The molecule has 38 heavy (non-hydrogen) atoms. The average molecular weight is 539 g/mol. The van der Waals surface area contributed by atoms with Crippen molar-refractivity contribution in [3.05, 3.63) is 29.8 Å². The van der Waals surface area contributed by atoms with Crippen LogP contribution in [0.4, 0.5) is 0 Å². The molecule has 3 unspecified atom stereocenters. The summed E-state index contributed by atoms with van der Waals surface area (Å²) in [7, 11) is 2.45. The van der Waals surface area contributed by atoms with Crippen molar-refractivity contribution >= 4 is 35.9 Å². The third-order valence-electron chi connectivity index (χ3n) is 4.96. The summed E-state index contributed by atoms with van der Waals surface area (Å²) in [4.78, 5) is 60.0. The fraction of sp³-hybridized carbons (Fsp3) is 0.480. The number of carbonyl (C=O) groups excluding carboxylic acids is 5. The van der Waals surface area contributed by atoms with Gasteiger partial charge >= 0.3 is 29.8 Å². The number of hydrogen-bond donors (Lipinski definition) is 0. The Labute approximate surface area is 218 Å². The second kappa shape index (κ2) is 14.0. The monoisotopic (exact) mass is 538 g/mol. The van der Waals surface area contributed by atoms with Gasteiger partial charge in [-0.2, -0.15) is 0 Å². The van der Waals surface area contributed by atoms with Crippen molar-refractivity contribution in [2.24, 2.45) is 0 Å². The van der Waals surface area contributed by atoms with Crippen molar-refractivity contribution in [1.29, 1.82) is 0 Å². The van der Waals surface area contributed by atoms with Crippen LogP contribution in [0.25, 0.3) is 6.08 Å². The lowest BCUT2D eigenvalue weighted by atomic mass is 9.97. The number of carbonyl (C=O) groups is 5. The lowest BCUT2D eigenvalue weighted by Crippen LogP contribution is -2.64. The summed E-state index contributed by atoms with van der Waals surface area (Å²) >= 11 is 0. The molecule has 1 aromatic rings. The molecule has 208 valence electrons. The third-order valence-corrected chi connectivity index (χ3v) is 4.96. The molecule has 0 spiro atoms. The van der Waals surface area contributed by atoms with Gasteiger partial charge in [0.2, 0.25) is 12.4 Å². The van der Waals surface area contributed by atoms with Crippen LogP contribution in [0.2, 0.25) is 0 Å². The molecule has 0 saturated carbocycles. The van der Waals surface area contributed by atoms with Crippen molar-refractivity contribution in [1.82, 2.24) is 0 Å². The largest absolute Gasteiger partial charge is 0.493 e. The highest BCUT2D eigenvalue weighted by molar-refractivity contribution is 5.87. The summed E-state index contributed by atoms with van der Waals surface area (Å²) in [6, 6.07) is 4.64. The second-order valence-corrected chi connectivity index (χ2v) is 7.78. The number of methoxy groups -OCH3 is 2. The lowest BCUT2D eigenvalue weighted by Gasteiger charge is -2.43. The molecule has 13 nitrogen and oxygen atoms in total. The molecule has 1 saturated heterocycles. The zero-order valence-corrected chi connectivity index (χ0v) is 21.8. The Hall–Kier alpha value is -4.13. The van der Waals surface area contributed by atoms with Crippen molar-refractivity contribution < 1.29 is 61.9 Å². The van der Waals surface area contributed by atoms with Crippen molar-refractivity contribution in [2.45, 2.75) is 58.4 Å². The van der Waals surface area contributed by atoms with E-state index in [9.17, 15) is 24.0 Å². The molecule has 1 fully saturated rings. The number of esters is 5. The summed E-state index contributed by atoms with van der Waals surface area (Å²) in [5.41, 5.74) is 0.493. The van der Waals surface area contributed by atoms with Crippen LogP contribution >= 0.6 is 0 Å². The van der Waals surface area contributed by atoms with Crippen LogP contribution < -0.4 is 9.47 Å². The van der Waals surface area contributed by atoms with E-state index in [1.54, 1.807) is 13.0 Å². The van der Waals surface area contributed by atoms with Crippen molar-refractivity contribution in [3.63, 3.8) is 0 Å². The SMILES string of the molecule is CCOC(=O)/C=C/c1ccc(OC)c(O[C@@H]2OC(C(=O)OC)[C@H](OC(C)=O)C(OC(C)=O)C2OC(C)=O)c1. The maximum absolute atomic E-state index is 12.6. The normalized spacial score (nSPS) is 22.6. The predicted molar refractivity (Wildman–Crippen MR) is 127 cm³/mol. The highest BCUT2D eigenvalue weighted by atomic mass is 16.7. The zero-order chi connectivity index (χ0) is 28.4. The molecule has 1 aliphatic heterocycles. The van der Waals surface area contributed by atoms with Gasteiger partial charge in [-0.25, -0.2) is 9.59 Å². The summed E-state index contributed by atoms with van der Waals surface area (Å²) in [6.45, 7) is 5.12. The fourth-order valence-corrected chi connectivity index (χ4v) is 3.54. The van der Waals surface area contributed by atoms with E-state index in [2.05, 4.69) is 0 Å². The molecular weight excluding hydrogens is 508 g/mol. The first-order valence-electron chi connectivity index (χ1n) is 11.4. The molecule has 13 heteroatoms. The van der Waals surface area contributed by atoms with Gasteiger partial charge in [-0.05, 0) is 30.7 Å². The molecule has 0 radical (unpaired) electrons. The van der Waals surface area contributed by atoms with Gasteiger partial charge in [0.1, 0.15) is 0 Å². The average Bonchev–Trinajstić information content (AvgIpc) is 2.85. The van der Waals surface area contributed by atoms with Gasteiger partial charge in [-0.3, -0.25) is 14.4 Å². The molecule has 1 aromatic carbocycles. The van der Waals surface area contributed by atoms with E-state index in [1.807, 2.05) is 0 Å².